The molecule has 0 bridgehead atoms. The lowest BCUT2D eigenvalue weighted by Gasteiger charge is -2.29. The summed E-state index contributed by atoms with van der Waals surface area (Å²) in [6.45, 7) is 3.70. The van der Waals surface area contributed by atoms with Crippen LogP contribution in [0.3, 0.4) is 0 Å². The van der Waals surface area contributed by atoms with Gasteiger partial charge in [0.1, 0.15) is 11.5 Å². The molecule has 0 fully saturated rings. The topological polar surface area (TPSA) is 40.5 Å². The highest BCUT2D eigenvalue weighted by Crippen LogP contribution is 2.46. The first-order valence-corrected chi connectivity index (χ1v) is 7.52. The molecule has 21 heavy (non-hydrogen) atoms. The first-order valence-electron chi connectivity index (χ1n) is 6.01. The van der Waals surface area contributed by atoms with Crippen molar-refractivity contribution in [1.82, 2.24) is 0 Å². The van der Waals surface area contributed by atoms with Crippen LogP contribution < -0.4 is 0 Å². The molecule has 2 N–H and O–H groups in total. The zero-order valence-corrected chi connectivity index (χ0v) is 14.2. The van der Waals surface area contributed by atoms with Crippen LogP contribution in [-0.4, -0.2) is 10.2 Å². The van der Waals surface area contributed by atoms with Crippen LogP contribution in [0.1, 0.15) is 25.0 Å². The second-order valence-electron chi connectivity index (χ2n) is 5.20. The van der Waals surface area contributed by atoms with Crippen molar-refractivity contribution < 1.29 is 10.2 Å². The van der Waals surface area contributed by atoms with Crippen molar-refractivity contribution in [2.45, 2.75) is 19.3 Å². The minimum atomic E-state index is -0.723. The summed E-state index contributed by atoms with van der Waals surface area (Å²) in [5, 5.41) is 20.7. The molecule has 0 saturated heterocycles. The van der Waals surface area contributed by atoms with E-state index in [1.807, 2.05) is 13.8 Å². The summed E-state index contributed by atoms with van der Waals surface area (Å²) >= 11 is 24.4. The van der Waals surface area contributed by atoms with Crippen molar-refractivity contribution >= 4 is 46.4 Å². The van der Waals surface area contributed by atoms with Gasteiger partial charge in [-0.25, -0.2) is 0 Å². The van der Waals surface area contributed by atoms with Crippen molar-refractivity contribution in [1.29, 1.82) is 0 Å². The minimum Gasteiger partial charge on any atom is -0.506 e. The number of rotatable bonds is 2. The van der Waals surface area contributed by atoms with Gasteiger partial charge < -0.3 is 10.2 Å². The summed E-state index contributed by atoms with van der Waals surface area (Å²) < 4.78 is 0. The van der Waals surface area contributed by atoms with E-state index in [0.29, 0.717) is 21.2 Å². The van der Waals surface area contributed by atoms with E-state index >= 15 is 0 Å². The molecule has 0 spiro atoms. The molecule has 0 unspecified atom stereocenters. The molecule has 2 nitrogen and oxygen atoms in total. The zero-order valence-electron chi connectivity index (χ0n) is 11.2. The van der Waals surface area contributed by atoms with Crippen LogP contribution in [0.15, 0.2) is 24.3 Å². The normalized spacial score (nSPS) is 11.7. The Hall–Kier alpha value is -0.800. The Bertz CT molecular complexity index is 652. The molecular formula is C15H12Cl4O2. The van der Waals surface area contributed by atoms with Gasteiger partial charge in [-0.15, -0.1) is 0 Å². The highest BCUT2D eigenvalue weighted by atomic mass is 35.5. The van der Waals surface area contributed by atoms with E-state index in [-0.39, 0.29) is 21.5 Å². The SMILES string of the molecule is CC(C)(c1cc(Cl)cc(O)c1Cl)c1cc(Cl)cc(O)c1Cl. The van der Waals surface area contributed by atoms with Gasteiger partial charge in [0.25, 0.3) is 0 Å². The molecule has 0 radical (unpaired) electrons. The van der Waals surface area contributed by atoms with Crippen LogP contribution >= 0.6 is 46.4 Å². The fourth-order valence-electron chi connectivity index (χ4n) is 2.20. The van der Waals surface area contributed by atoms with Crippen LogP contribution in [-0.2, 0) is 5.41 Å². The molecule has 2 aromatic carbocycles. The van der Waals surface area contributed by atoms with Crippen molar-refractivity contribution in [3.63, 3.8) is 0 Å². The van der Waals surface area contributed by atoms with Gasteiger partial charge in [-0.2, -0.15) is 0 Å². The van der Waals surface area contributed by atoms with Gasteiger partial charge in [0.2, 0.25) is 0 Å². The van der Waals surface area contributed by atoms with Crippen LogP contribution in [0.4, 0.5) is 0 Å². The summed E-state index contributed by atoms with van der Waals surface area (Å²) in [4.78, 5) is 0. The summed E-state index contributed by atoms with van der Waals surface area (Å²) in [5.41, 5.74) is 0.439. The van der Waals surface area contributed by atoms with E-state index in [1.54, 1.807) is 12.1 Å². The molecule has 0 aliphatic carbocycles. The highest BCUT2D eigenvalue weighted by molar-refractivity contribution is 6.36. The Labute approximate surface area is 142 Å². The Balaban J connectivity index is 2.73. The van der Waals surface area contributed by atoms with E-state index in [4.69, 9.17) is 46.4 Å². The molecule has 112 valence electrons. The Morgan fingerprint density at radius 1 is 0.714 bits per heavy atom. The van der Waals surface area contributed by atoms with Crippen LogP contribution in [0.25, 0.3) is 0 Å². The van der Waals surface area contributed by atoms with Crippen LogP contribution in [0.2, 0.25) is 20.1 Å². The lowest BCUT2D eigenvalue weighted by molar-refractivity contribution is 0.470. The number of hydrogen-bond acceptors (Lipinski definition) is 2. The third-order valence-electron chi connectivity index (χ3n) is 3.38. The van der Waals surface area contributed by atoms with Crippen molar-refractivity contribution in [3.8, 4) is 11.5 Å². The zero-order chi connectivity index (χ0) is 15.9. The molecule has 0 aromatic heterocycles. The second kappa shape index (κ2) is 5.77. The molecule has 6 heteroatoms. The van der Waals surface area contributed by atoms with E-state index in [9.17, 15) is 10.2 Å². The molecule has 0 saturated carbocycles. The third-order valence-corrected chi connectivity index (χ3v) is 4.61. The first kappa shape index (κ1) is 16.6. The maximum absolute atomic E-state index is 9.84. The Morgan fingerprint density at radius 3 is 1.38 bits per heavy atom. The molecule has 0 aliphatic heterocycles. The number of hydrogen-bond donors (Lipinski definition) is 2. The molecule has 0 atom stereocenters. The van der Waals surface area contributed by atoms with E-state index in [2.05, 4.69) is 0 Å². The fraction of sp³-hybridized carbons (Fsp3) is 0.200. The van der Waals surface area contributed by atoms with Crippen LogP contribution in [0.5, 0.6) is 11.5 Å². The van der Waals surface area contributed by atoms with Crippen molar-refractivity contribution in [2.24, 2.45) is 0 Å². The van der Waals surface area contributed by atoms with E-state index < -0.39 is 5.41 Å². The Kier molecular flexibility index (Phi) is 4.55. The average molecular weight is 366 g/mol. The number of phenolic OH excluding ortho intramolecular Hbond substituents is 2. The van der Waals surface area contributed by atoms with Gasteiger partial charge >= 0.3 is 0 Å². The maximum Gasteiger partial charge on any atom is 0.135 e. The molecular weight excluding hydrogens is 354 g/mol. The van der Waals surface area contributed by atoms with Crippen molar-refractivity contribution in [3.05, 3.63) is 55.5 Å². The van der Waals surface area contributed by atoms with Crippen LogP contribution in [0, 0.1) is 0 Å². The summed E-state index contributed by atoms with van der Waals surface area (Å²) in [6, 6.07) is 6.02. The summed E-state index contributed by atoms with van der Waals surface area (Å²) in [5.74, 6) is -0.232. The molecule has 0 amide bonds. The molecule has 2 aromatic rings. The standard InChI is InChI=1S/C15H12Cl4O2/c1-15(2,9-3-7(16)5-11(20)13(9)18)10-4-8(17)6-12(21)14(10)19/h3-6,20-21H,1-2H3. The predicted octanol–water partition coefficient (Wildman–Crippen LogP) is 6.04. The number of benzene rings is 2. The summed E-state index contributed by atoms with van der Waals surface area (Å²) in [6.07, 6.45) is 0. The monoisotopic (exact) mass is 364 g/mol. The van der Waals surface area contributed by atoms with Gasteiger partial charge in [-0.05, 0) is 23.3 Å². The lowest BCUT2D eigenvalue weighted by Crippen LogP contribution is -2.20. The van der Waals surface area contributed by atoms with Gasteiger partial charge in [0, 0.05) is 27.6 Å². The van der Waals surface area contributed by atoms with E-state index in [1.165, 1.54) is 12.1 Å². The highest BCUT2D eigenvalue weighted by Gasteiger charge is 2.31. The number of halogens is 4. The van der Waals surface area contributed by atoms with Gasteiger partial charge in [-0.1, -0.05) is 60.3 Å². The quantitative estimate of drug-likeness (QED) is 0.681. The number of phenols is 2. The fourth-order valence-corrected chi connectivity index (χ4v) is 3.32. The molecule has 0 aliphatic rings. The first-order chi connectivity index (χ1) is 9.64. The van der Waals surface area contributed by atoms with Gasteiger partial charge in [-0.3, -0.25) is 0 Å². The van der Waals surface area contributed by atoms with Gasteiger partial charge in [0.05, 0.1) is 10.0 Å². The second-order valence-corrected chi connectivity index (χ2v) is 6.83. The molecule has 0 heterocycles. The van der Waals surface area contributed by atoms with Crippen molar-refractivity contribution in [2.75, 3.05) is 0 Å². The lowest BCUT2D eigenvalue weighted by atomic mass is 9.78. The van der Waals surface area contributed by atoms with Gasteiger partial charge in [0.15, 0.2) is 0 Å². The largest absolute Gasteiger partial charge is 0.506 e. The molecule has 2 rings (SSSR count). The third kappa shape index (κ3) is 3.04. The Morgan fingerprint density at radius 2 is 1.05 bits per heavy atom. The predicted molar refractivity (Wildman–Crippen MR) is 88.4 cm³/mol. The van der Waals surface area contributed by atoms with E-state index in [0.717, 1.165) is 0 Å². The smallest absolute Gasteiger partial charge is 0.135 e. The maximum atomic E-state index is 9.84. The summed E-state index contributed by atoms with van der Waals surface area (Å²) in [7, 11) is 0. The minimum absolute atomic E-state index is 0.116. The average Bonchev–Trinajstić information content (AvgIpc) is 2.37. The number of aromatic hydroxyl groups is 2.